The van der Waals surface area contributed by atoms with Crippen molar-refractivity contribution in [1.29, 1.82) is 0 Å². The number of hydrogen-bond acceptors (Lipinski definition) is 6. The minimum Gasteiger partial charge on any atom is -0.491 e. The van der Waals surface area contributed by atoms with E-state index in [1.165, 1.54) is 7.11 Å². The van der Waals surface area contributed by atoms with Crippen LogP contribution in [0.3, 0.4) is 0 Å². The van der Waals surface area contributed by atoms with Crippen LogP contribution in [0.2, 0.25) is 0 Å². The van der Waals surface area contributed by atoms with Gasteiger partial charge < -0.3 is 24.4 Å². The van der Waals surface area contributed by atoms with Gasteiger partial charge in [0.2, 0.25) is 0 Å². The van der Waals surface area contributed by atoms with Crippen molar-refractivity contribution in [3.63, 3.8) is 0 Å². The number of hydrogen-bond donors (Lipinski definition) is 3. The van der Waals surface area contributed by atoms with Crippen LogP contribution in [0, 0.1) is 0 Å². The zero-order chi connectivity index (χ0) is 19.5. The fourth-order valence-corrected chi connectivity index (χ4v) is 2.65. The molecule has 1 amide bonds. The number of benzene rings is 2. The number of rotatable bonds is 10. The zero-order valence-electron chi connectivity index (χ0n) is 15.2. The average Bonchev–Trinajstić information content (AvgIpc) is 2.70. The molecule has 0 unspecified atom stereocenters. The highest BCUT2D eigenvalue weighted by molar-refractivity contribution is 5.84. The Morgan fingerprint density at radius 3 is 2.41 bits per heavy atom. The zero-order valence-corrected chi connectivity index (χ0v) is 15.2. The largest absolute Gasteiger partial charge is 0.491 e. The Labute approximate surface area is 158 Å². The van der Waals surface area contributed by atoms with Crippen molar-refractivity contribution in [2.24, 2.45) is 0 Å². The smallest absolute Gasteiger partial charge is 0.412 e. The van der Waals surface area contributed by atoms with Crippen LogP contribution in [0.15, 0.2) is 54.6 Å². The highest BCUT2D eigenvalue weighted by Gasteiger charge is 2.29. The minimum atomic E-state index is -0.805. The van der Waals surface area contributed by atoms with Gasteiger partial charge in [-0.25, -0.2) is 4.79 Å². The van der Waals surface area contributed by atoms with Crippen molar-refractivity contribution in [1.82, 2.24) is 0 Å². The molecule has 0 aliphatic heterocycles. The van der Waals surface area contributed by atoms with Gasteiger partial charge in [0.05, 0.1) is 6.61 Å². The lowest BCUT2D eigenvalue weighted by atomic mass is 10.0. The van der Waals surface area contributed by atoms with E-state index in [1.54, 1.807) is 48.5 Å². The van der Waals surface area contributed by atoms with Gasteiger partial charge in [0, 0.05) is 31.4 Å². The third-order valence-corrected chi connectivity index (χ3v) is 3.88. The number of nitrogens with one attached hydrogen (secondary N) is 1. The molecule has 0 radical (unpaired) electrons. The van der Waals surface area contributed by atoms with Crippen LogP contribution in [-0.2, 0) is 9.47 Å². The second kappa shape index (κ2) is 11.2. The van der Waals surface area contributed by atoms with E-state index in [2.05, 4.69) is 5.32 Å². The summed E-state index contributed by atoms with van der Waals surface area (Å²) < 4.78 is 16.6. The highest BCUT2D eigenvalue weighted by Crippen LogP contribution is 2.33. The molecule has 2 rings (SSSR count). The molecule has 0 saturated heterocycles. The molecule has 7 heteroatoms. The summed E-state index contributed by atoms with van der Waals surface area (Å²) in [6, 6.07) is 16.0. The van der Waals surface area contributed by atoms with Crippen molar-refractivity contribution >= 4 is 11.8 Å². The highest BCUT2D eigenvalue weighted by atomic mass is 16.6. The first kappa shape index (κ1) is 20.7. The van der Waals surface area contributed by atoms with Crippen molar-refractivity contribution in [2.75, 3.05) is 32.2 Å². The van der Waals surface area contributed by atoms with Gasteiger partial charge in [-0.3, -0.25) is 5.32 Å². The number of carbonyl (C=O) groups is 1. The normalized spacial score (nSPS) is 12.9. The number of para-hydroxylation sites is 2. The molecule has 0 heterocycles. The second-order valence-corrected chi connectivity index (χ2v) is 5.71. The lowest BCUT2D eigenvalue weighted by Gasteiger charge is -2.27. The Kier molecular flexibility index (Phi) is 8.57. The summed E-state index contributed by atoms with van der Waals surface area (Å²) in [5.41, 5.74) is 1.19. The van der Waals surface area contributed by atoms with E-state index in [0.717, 1.165) is 0 Å². The molecular weight excluding hydrogens is 350 g/mol. The Hall–Kier alpha value is -2.61. The van der Waals surface area contributed by atoms with Gasteiger partial charge in [-0.2, -0.15) is 0 Å². The molecule has 0 spiro atoms. The summed E-state index contributed by atoms with van der Waals surface area (Å²) in [5.74, 6) is 0.476. The van der Waals surface area contributed by atoms with Crippen LogP contribution in [0.4, 0.5) is 10.5 Å². The number of amides is 1. The van der Waals surface area contributed by atoms with Crippen molar-refractivity contribution in [2.45, 2.75) is 18.6 Å². The fourth-order valence-electron chi connectivity index (χ4n) is 2.65. The van der Waals surface area contributed by atoms with Crippen LogP contribution in [0.1, 0.15) is 18.1 Å². The van der Waals surface area contributed by atoms with E-state index in [4.69, 9.17) is 19.3 Å². The molecule has 0 fully saturated rings. The number of ether oxygens (including phenoxy) is 3. The molecule has 2 atom stereocenters. The predicted molar refractivity (Wildman–Crippen MR) is 101 cm³/mol. The Balaban J connectivity index is 2.25. The van der Waals surface area contributed by atoms with Crippen LogP contribution < -0.4 is 10.1 Å². The molecular formula is C20H25NO6. The number of anilines is 1. The monoisotopic (exact) mass is 375 g/mol. The molecule has 7 nitrogen and oxygen atoms in total. The maximum atomic E-state index is 12.4. The van der Waals surface area contributed by atoms with Crippen molar-refractivity contribution in [3.8, 4) is 5.75 Å². The molecule has 146 valence electrons. The molecule has 3 N–H and O–H groups in total. The molecule has 0 aliphatic carbocycles. The number of methoxy groups -OCH3 is 1. The van der Waals surface area contributed by atoms with Crippen LogP contribution in [0.25, 0.3) is 0 Å². The first-order valence-electron chi connectivity index (χ1n) is 8.68. The SMILES string of the molecule is CO[C@@H](CCO)[C@@H](OC(=O)Nc1ccccc1)c1ccccc1OCCO. The summed E-state index contributed by atoms with van der Waals surface area (Å²) >= 11 is 0. The van der Waals surface area contributed by atoms with E-state index < -0.39 is 18.3 Å². The standard InChI is InChI=1S/C20H25NO6/c1-25-18(11-12-22)19(16-9-5-6-10-17(16)26-14-13-23)27-20(24)21-15-7-3-2-4-8-15/h2-10,18-19,22-23H,11-14H2,1H3,(H,21,24)/t18-,19-/m0/s1. The van der Waals surface area contributed by atoms with Gasteiger partial charge in [0.25, 0.3) is 0 Å². The van der Waals surface area contributed by atoms with E-state index in [9.17, 15) is 9.90 Å². The van der Waals surface area contributed by atoms with Gasteiger partial charge in [0.15, 0.2) is 6.10 Å². The summed E-state index contributed by atoms with van der Waals surface area (Å²) in [5, 5.41) is 21.0. The lowest BCUT2D eigenvalue weighted by molar-refractivity contribution is -0.0316. The molecule has 0 bridgehead atoms. The minimum absolute atomic E-state index is 0.109. The summed E-state index contributed by atoms with van der Waals surface area (Å²) in [6.07, 6.45) is -1.76. The molecule has 0 aromatic heterocycles. The van der Waals surface area contributed by atoms with Crippen LogP contribution in [-0.4, -0.2) is 49.3 Å². The summed E-state index contributed by atoms with van der Waals surface area (Å²) in [4.78, 5) is 12.4. The van der Waals surface area contributed by atoms with Crippen molar-refractivity contribution < 1.29 is 29.2 Å². The number of carbonyl (C=O) groups excluding carboxylic acids is 1. The molecule has 2 aromatic carbocycles. The van der Waals surface area contributed by atoms with Crippen LogP contribution >= 0.6 is 0 Å². The first-order valence-corrected chi connectivity index (χ1v) is 8.68. The fraction of sp³-hybridized carbons (Fsp3) is 0.350. The molecule has 0 aliphatic rings. The van der Waals surface area contributed by atoms with E-state index in [-0.39, 0.29) is 26.2 Å². The number of aliphatic hydroxyl groups is 2. The third-order valence-electron chi connectivity index (χ3n) is 3.88. The molecule has 0 saturated carbocycles. The third kappa shape index (κ3) is 6.25. The van der Waals surface area contributed by atoms with Gasteiger partial charge in [-0.15, -0.1) is 0 Å². The Morgan fingerprint density at radius 2 is 1.74 bits per heavy atom. The topological polar surface area (TPSA) is 97.2 Å². The van der Waals surface area contributed by atoms with Gasteiger partial charge in [-0.1, -0.05) is 36.4 Å². The maximum Gasteiger partial charge on any atom is 0.412 e. The Morgan fingerprint density at radius 1 is 1.04 bits per heavy atom. The van der Waals surface area contributed by atoms with Gasteiger partial charge in [0.1, 0.15) is 18.5 Å². The molecule has 27 heavy (non-hydrogen) atoms. The van der Waals surface area contributed by atoms with Crippen LogP contribution in [0.5, 0.6) is 5.75 Å². The lowest BCUT2D eigenvalue weighted by Crippen LogP contribution is -2.29. The van der Waals surface area contributed by atoms with Gasteiger partial charge in [-0.05, 0) is 18.2 Å². The summed E-state index contributed by atoms with van der Waals surface area (Å²) in [7, 11) is 1.49. The average molecular weight is 375 g/mol. The summed E-state index contributed by atoms with van der Waals surface area (Å²) in [6.45, 7) is -0.158. The van der Waals surface area contributed by atoms with E-state index >= 15 is 0 Å². The second-order valence-electron chi connectivity index (χ2n) is 5.71. The van der Waals surface area contributed by atoms with Crippen molar-refractivity contribution in [3.05, 3.63) is 60.2 Å². The maximum absolute atomic E-state index is 12.4. The number of aliphatic hydroxyl groups excluding tert-OH is 2. The Bertz CT molecular complexity index is 694. The quantitative estimate of drug-likeness (QED) is 0.591. The first-order chi connectivity index (χ1) is 13.2. The van der Waals surface area contributed by atoms with E-state index in [1.807, 2.05) is 6.07 Å². The predicted octanol–water partition coefficient (Wildman–Crippen LogP) is 2.74. The van der Waals surface area contributed by atoms with E-state index in [0.29, 0.717) is 17.0 Å². The molecule has 2 aromatic rings. The van der Waals surface area contributed by atoms with Gasteiger partial charge >= 0.3 is 6.09 Å².